The standard InChI is InChI=1S/C10H13BrN2S2/c1-2-8-6-15-10(13-8)12-4-9-3-7(11)5-14-9/h3,5,8H,2,4,6H2,1H3,(H,12,13). The molecule has 0 aliphatic carbocycles. The predicted molar refractivity (Wildman–Crippen MR) is 72.8 cm³/mol. The Morgan fingerprint density at radius 1 is 1.67 bits per heavy atom. The van der Waals surface area contributed by atoms with E-state index in [4.69, 9.17) is 0 Å². The van der Waals surface area contributed by atoms with Crippen molar-refractivity contribution in [1.82, 2.24) is 5.32 Å². The van der Waals surface area contributed by atoms with E-state index in [-0.39, 0.29) is 0 Å². The summed E-state index contributed by atoms with van der Waals surface area (Å²) in [6.45, 7) is 3.00. The van der Waals surface area contributed by atoms with Gasteiger partial charge in [-0.25, -0.2) is 0 Å². The third-order valence-corrected chi connectivity index (χ3v) is 5.01. The summed E-state index contributed by atoms with van der Waals surface area (Å²) in [4.78, 5) is 5.87. The van der Waals surface area contributed by atoms with Gasteiger partial charge in [0.15, 0.2) is 5.17 Å². The smallest absolute Gasteiger partial charge is 0.157 e. The van der Waals surface area contributed by atoms with E-state index in [0.717, 1.165) is 21.9 Å². The number of nitrogens with zero attached hydrogens (tertiary/aromatic N) is 1. The van der Waals surface area contributed by atoms with Crippen molar-refractivity contribution in [2.75, 3.05) is 5.75 Å². The van der Waals surface area contributed by atoms with Crippen LogP contribution in [0.1, 0.15) is 18.2 Å². The molecule has 0 aromatic carbocycles. The number of hydrogen-bond acceptors (Lipinski definition) is 3. The van der Waals surface area contributed by atoms with Gasteiger partial charge in [-0.05, 0) is 28.4 Å². The normalized spacial score (nSPS) is 23.3. The number of thioether (sulfide) groups is 1. The maximum absolute atomic E-state index is 4.56. The highest BCUT2D eigenvalue weighted by atomic mass is 79.9. The number of hydrogen-bond donors (Lipinski definition) is 1. The van der Waals surface area contributed by atoms with E-state index >= 15 is 0 Å². The molecule has 0 spiro atoms. The van der Waals surface area contributed by atoms with Crippen LogP contribution in [-0.2, 0) is 6.54 Å². The van der Waals surface area contributed by atoms with Crippen LogP contribution in [0, 0.1) is 0 Å². The largest absolute Gasteiger partial charge is 0.361 e. The van der Waals surface area contributed by atoms with E-state index in [1.165, 1.54) is 11.3 Å². The monoisotopic (exact) mass is 304 g/mol. The molecule has 1 atom stereocenters. The van der Waals surface area contributed by atoms with Gasteiger partial charge in [0.1, 0.15) is 0 Å². The number of nitrogens with one attached hydrogen (secondary N) is 1. The first-order valence-electron chi connectivity index (χ1n) is 4.94. The number of thiophene rings is 1. The molecule has 5 heteroatoms. The van der Waals surface area contributed by atoms with Gasteiger partial charge < -0.3 is 5.32 Å². The fraction of sp³-hybridized carbons (Fsp3) is 0.500. The summed E-state index contributed by atoms with van der Waals surface area (Å²) in [5.41, 5.74) is 0. The molecule has 15 heavy (non-hydrogen) atoms. The lowest BCUT2D eigenvalue weighted by Gasteiger charge is -2.04. The average Bonchev–Trinajstić information content (AvgIpc) is 2.83. The molecular formula is C10H13BrN2S2. The van der Waals surface area contributed by atoms with Gasteiger partial charge in [0.25, 0.3) is 0 Å². The van der Waals surface area contributed by atoms with Crippen LogP contribution >= 0.6 is 39.0 Å². The summed E-state index contributed by atoms with van der Waals surface area (Å²) in [6.07, 6.45) is 1.18. The van der Waals surface area contributed by atoms with E-state index in [9.17, 15) is 0 Å². The molecule has 1 fully saturated rings. The summed E-state index contributed by atoms with van der Waals surface area (Å²) >= 11 is 7.03. The average molecular weight is 305 g/mol. The van der Waals surface area contributed by atoms with Crippen LogP contribution in [0.2, 0.25) is 0 Å². The molecule has 1 N–H and O–H groups in total. The molecule has 2 nitrogen and oxygen atoms in total. The van der Waals surface area contributed by atoms with E-state index < -0.39 is 0 Å². The van der Waals surface area contributed by atoms with Crippen LogP contribution in [-0.4, -0.2) is 17.0 Å². The Hall–Kier alpha value is -0.0000000000000000833. The summed E-state index contributed by atoms with van der Waals surface area (Å²) in [6, 6.07) is 2.75. The summed E-state index contributed by atoms with van der Waals surface area (Å²) in [7, 11) is 0. The van der Waals surface area contributed by atoms with Gasteiger partial charge in [-0.1, -0.05) is 18.7 Å². The molecule has 1 aliphatic rings. The Bertz CT molecular complexity index is 362. The Morgan fingerprint density at radius 2 is 2.53 bits per heavy atom. The Balaban J connectivity index is 1.89. The number of rotatable bonds is 3. The second-order valence-corrected chi connectivity index (χ2v) is 6.33. The van der Waals surface area contributed by atoms with Crippen LogP contribution in [0.4, 0.5) is 0 Å². The van der Waals surface area contributed by atoms with Crippen LogP contribution in [0.25, 0.3) is 0 Å². The zero-order valence-corrected chi connectivity index (χ0v) is 11.7. The maximum atomic E-state index is 4.56. The minimum Gasteiger partial charge on any atom is -0.361 e. The number of aliphatic imine (C=N–C) groups is 1. The molecule has 82 valence electrons. The van der Waals surface area contributed by atoms with Crippen molar-refractivity contribution >= 4 is 44.2 Å². The van der Waals surface area contributed by atoms with Crippen molar-refractivity contribution in [3.05, 3.63) is 20.8 Å². The zero-order valence-electron chi connectivity index (χ0n) is 8.50. The molecule has 0 bridgehead atoms. The highest BCUT2D eigenvalue weighted by Crippen LogP contribution is 2.21. The number of halogens is 1. The number of amidine groups is 1. The third-order valence-electron chi connectivity index (χ3n) is 2.24. The lowest BCUT2D eigenvalue weighted by atomic mass is 10.3. The second-order valence-electron chi connectivity index (χ2n) is 3.41. The summed E-state index contributed by atoms with van der Waals surface area (Å²) in [5, 5.41) is 6.62. The van der Waals surface area contributed by atoms with Crippen molar-refractivity contribution in [1.29, 1.82) is 0 Å². The van der Waals surface area contributed by atoms with Gasteiger partial charge in [-0.2, -0.15) is 0 Å². The molecule has 0 amide bonds. The molecule has 2 rings (SSSR count). The fourth-order valence-corrected chi connectivity index (χ4v) is 3.79. The molecule has 1 aromatic heterocycles. The van der Waals surface area contributed by atoms with E-state index in [2.05, 4.69) is 44.6 Å². The quantitative estimate of drug-likeness (QED) is 0.924. The highest BCUT2D eigenvalue weighted by Gasteiger charge is 2.17. The van der Waals surface area contributed by atoms with E-state index in [1.807, 2.05) is 11.8 Å². The molecule has 2 heterocycles. The SMILES string of the molecule is CCC1CSC(=NCc2cc(Br)cs2)N1. The minimum absolute atomic E-state index is 0.615. The van der Waals surface area contributed by atoms with Crippen LogP contribution in [0.15, 0.2) is 20.9 Å². The van der Waals surface area contributed by atoms with Crippen molar-refractivity contribution in [3.63, 3.8) is 0 Å². The predicted octanol–water partition coefficient (Wildman–Crippen LogP) is 3.48. The van der Waals surface area contributed by atoms with E-state index in [1.54, 1.807) is 11.3 Å². The van der Waals surface area contributed by atoms with Crippen molar-refractivity contribution < 1.29 is 0 Å². The second kappa shape index (κ2) is 5.37. The molecule has 0 radical (unpaired) electrons. The van der Waals surface area contributed by atoms with Crippen LogP contribution in [0.5, 0.6) is 0 Å². The van der Waals surface area contributed by atoms with Crippen molar-refractivity contribution in [2.45, 2.75) is 25.9 Å². The molecule has 1 unspecified atom stereocenters. The van der Waals surface area contributed by atoms with Gasteiger partial charge in [-0.15, -0.1) is 11.3 Å². The van der Waals surface area contributed by atoms with Gasteiger partial charge >= 0.3 is 0 Å². The van der Waals surface area contributed by atoms with Gasteiger partial charge in [0.2, 0.25) is 0 Å². The minimum atomic E-state index is 0.615. The lowest BCUT2D eigenvalue weighted by molar-refractivity contribution is 0.667. The summed E-state index contributed by atoms with van der Waals surface area (Å²) < 4.78 is 1.15. The van der Waals surface area contributed by atoms with Crippen LogP contribution in [0.3, 0.4) is 0 Å². The lowest BCUT2D eigenvalue weighted by Crippen LogP contribution is -2.25. The topological polar surface area (TPSA) is 24.4 Å². The van der Waals surface area contributed by atoms with E-state index in [0.29, 0.717) is 6.04 Å². The van der Waals surface area contributed by atoms with Gasteiger partial charge in [-0.3, -0.25) is 4.99 Å². The van der Waals surface area contributed by atoms with Crippen LogP contribution < -0.4 is 5.32 Å². The van der Waals surface area contributed by atoms with Crippen molar-refractivity contribution in [2.24, 2.45) is 4.99 Å². The molecular weight excluding hydrogens is 292 g/mol. The summed E-state index contributed by atoms with van der Waals surface area (Å²) in [5.74, 6) is 1.16. The highest BCUT2D eigenvalue weighted by molar-refractivity contribution is 9.10. The Labute approximate surface area is 107 Å². The molecule has 0 saturated carbocycles. The van der Waals surface area contributed by atoms with Crippen molar-refractivity contribution in [3.8, 4) is 0 Å². The first-order valence-corrected chi connectivity index (χ1v) is 7.60. The first kappa shape index (κ1) is 11.5. The van der Waals surface area contributed by atoms with Gasteiger partial charge in [0.05, 0.1) is 6.54 Å². The first-order chi connectivity index (χ1) is 7.28. The Morgan fingerprint density at radius 3 is 3.13 bits per heavy atom. The zero-order chi connectivity index (χ0) is 10.7. The Kier molecular flexibility index (Phi) is 4.11. The third kappa shape index (κ3) is 3.23. The van der Waals surface area contributed by atoms with Gasteiger partial charge in [0, 0.05) is 26.5 Å². The molecule has 1 saturated heterocycles. The maximum Gasteiger partial charge on any atom is 0.157 e. The molecule has 1 aliphatic heterocycles. The molecule has 1 aromatic rings. The fourth-order valence-electron chi connectivity index (χ4n) is 1.34.